The van der Waals surface area contributed by atoms with Crippen LogP contribution in [0.1, 0.15) is 45.1 Å². The number of sulfonamides is 1. The summed E-state index contributed by atoms with van der Waals surface area (Å²) < 4.78 is 28.0. The summed E-state index contributed by atoms with van der Waals surface area (Å²) in [5.41, 5.74) is 0.902. The molecule has 0 radical (unpaired) electrons. The Balaban J connectivity index is 1.63. The van der Waals surface area contributed by atoms with Gasteiger partial charge in [-0.15, -0.1) is 0 Å². The van der Waals surface area contributed by atoms with Crippen LogP contribution >= 0.6 is 0 Å². The smallest absolute Gasteiger partial charge is 0.216 e. The second kappa shape index (κ2) is 6.53. The highest BCUT2D eigenvalue weighted by molar-refractivity contribution is 7.89. The highest BCUT2D eigenvalue weighted by Crippen LogP contribution is 2.64. The molecule has 0 N–H and O–H groups in total. The van der Waals surface area contributed by atoms with Gasteiger partial charge in [-0.05, 0) is 47.8 Å². The molecule has 2 fully saturated rings. The quantitative estimate of drug-likeness (QED) is 0.779. The van der Waals surface area contributed by atoms with Crippen LogP contribution in [0.3, 0.4) is 0 Å². The molecule has 4 rings (SSSR count). The average Bonchev–Trinajstić information content (AvgIpc) is 3.02. The summed E-state index contributed by atoms with van der Waals surface area (Å²) in [7, 11) is -3.74. The van der Waals surface area contributed by atoms with Crippen LogP contribution in [0.25, 0.3) is 5.57 Å². The van der Waals surface area contributed by atoms with E-state index in [0.29, 0.717) is 19.3 Å². The molecule has 6 heteroatoms. The lowest BCUT2D eigenvalue weighted by molar-refractivity contribution is -0.128. The lowest BCUT2D eigenvalue weighted by Gasteiger charge is -2.39. The summed E-state index contributed by atoms with van der Waals surface area (Å²) in [6.45, 7) is 4.35. The van der Waals surface area contributed by atoms with Crippen molar-refractivity contribution in [3.05, 3.63) is 42.0 Å². The van der Waals surface area contributed by atoms with Crippen molar-refractivity contribution < 1.29 is 13.2 Å². The predicted octanol–water partition coefficient (Wildman–Crippen LogP) is 3.39. The number of hydrogen-bond acceptors (Lipinski definition) is 4. The van der Waals surface area contributed by atoms with Crippen molar-refractivity contribution >= 4 is 21.4 Å². The number of fused-ring (bicyclic) bond motifs is 2. The van der Waals surface area contributed by atoms with E-state index in [1.165, 1.54) is 4.31 Å². The molecule has 3 aliphatic rings. The van der Waals surface area contributed by atoms with Gasteiger partial charge < -0.3 is 0 Å². The largest absolute Gasteiger partial charge is 0.299 e. The Morgan fingerprint density at radius 1 is 1.25 bits per heavy atom. The van der Waals surface area contributed by atoms with Crippen molar-refractivity contribution in [2.75, 3.05) is 12.3 Å². The molecule has 0 saturated heterocycles. The number of carbonyl (C=O) groups is 1. The lowest BCUT2D eigenvalue weighted by atomic mass is 9.70. The number of benzene rings is 1. The number of carbonyl (C=O) groups excluding carboxylic acids is 1. The third-order valence-corrected chi connectivity index (χ3v) is 9.45. The van der Waals surface area contributed by atoms with E-state index in [1.807, 2.05) is 44.2 Å². The molecule has 0 aromatic heterocycles. The zero-order valence-electron chi connectivity index (χ0n) is 16.4. The van der Waals surface area contributed by atoms with Gasteiger partial charge in [0, 0.05) is 18.4 Å². The standard InChI is InChI=1S/C22H26N2O3S/c1-21(2)18-8-10-22(21,20(25)13-18)15-28(26,27)24-11-9-17(12-19(24)14-23)16-6-4-3-5-7-16/h3-7,12,18-19H,8-11,13,15H2,1-2H3/t18-,19+,22-/m1/s1. The van der Waals surface area contributed by atoms with E-state index in [1.54, 1.807) is 6.08 Å². The molecule has 28 heavy (non-hydrogen) atoms. The third-order valence-electron chi connectivity index (χ3n) is 7.47. The predicted molar refractivity (Wildman–Crippen MR) is 107 cm³/mol. The van der Waals surface area contributed by atoms with Crippen molar-refractivity contribution in [3.63, 3.8) is 0 Å². The minimum atomic E-state index is -3.74. The molecule has 148 valence electrons. The summed E-state index contributed by atoms with van der Waals surface area (Å²) in [4.78, 5) is 12.8. The second-order valence-corrected chi connectivity index (χ2v) is 10.8. The molecule has 2 bridgehead atoms. The maximum atomic E-state index is 13.4. The van der Waals surface area contributed by atoms with Crippen LogP contribution in [-0.4, -0.2) is 36.8 Å². The number of ketones is 1. The van der Waals surface area contributed by atoms with Gasteiger partial charge in [0.1, 0.15) is 11.8 Å². The molecular weight excluding hydrogens is 372 g/mol. The zero-order chi connectivity index (χ0) is 20.2. The minimum absolute atomic E-state index is 0.0864. The molecule has 1 heterocycles. The zero-order valence-corrected chi connectivity index (χ0v) is 17.2. The van der Waals surface area contributed by atoms with Crippen LogP contribution in [0.4, 0.5) is 0 Å². The number of nitrogens with zero attached hydrogens (tertiary/aromatic N) is 2. The van der Waals surface area contributed by atoms with E-state index in [9.17, 15) is 18.5 Å². The fourth-order valence-electron chi connectivity index (χ4n) is 5.54. The Labute approximate surface area is 167 Å². The SMILES string of the molecule is CC1(C)[C@@H]2CC[C@@]1(CS(=O)(=O)N1CCC(c3ccccc3)=C[C@H]1C#N)C(=O)C2. The van der Waals surface area contributed by atoms with Crippen molar-refractivity contribution in [2.24, 2.45) is 16.7 Å². The molecule has 3 atom stereocenters. The Morgan fingerprint density at radius 3 is 2.54 bits per heavy atom. The van der Waals surface area contributed by atoms with Gasteiger partial charge in [-0.2, -0.15) is 9.57 Å². The van der Waals surface area contributed by atoms with Gasteiger partial charge in [0.05, 0.1) is 11.8 Å². The third kappa shape index (κ3) is 2.75. The van der Waals surface area contributed by atoms with Gasteiger partial charge >= 0.3 is 0 Å². The highest BCUT2D eigenvalue weighted by atomic mass is 32.2. The summed E-state index contributed by atoms with van der Waals surface area (Å²) >= 11 is 0. The molecule has 0 amide bonds. The molecule has 1 aromatic carbocycles. The fourth-order valence-corrected chi connectivity index (χ4v) is 7.83. The topological polar surface area (TPSA) is 78.2 Å². The first-order valence-electron chi connectivity index (χ1n) is 9.90. The first-order valence-corrected chi connectivity index (χ1v) is 11.5. The van der Waals surface area contributed by atoms with E-state index in [0.717, 1.165) is 17.6 Å². The van der Waals surface area contributed by atoms with Crippen LogP contribution in [0.15, 0.2) is 36.4 Å². The van der Waals surface area contributed by atoms with Crippen LogP contribution in [-0.2, 0) is 14.8 Å². The Bertz CT molecular complexity index is 975. The van der Waals surface area contributed by atoms with Crippen LogP contribution in [0.2, 0.25) is 0 Å². The number of hydrogen-bond donors (Lipinski definition) is 0. The number of rotatable bonds is 4. The van der Waals surface area contributed by atoms with E-state index in [4.69, 9.17) is 0 Å². The first kappa shape index (κ1) is 19.4. The molecule has 2 aliphatic carbocycles. The number of nitriles is 1. The molecule has 1 aromatic rings. The average molecular weight is 399 g/mol. The fraction of sp³-hybridized carbons (Fsp3) is 0.545. The van der Waals surface area contributed by atoms with Gasteiger partial charge in [-0.1, -0.05) is 44.2 Å². The van der Waals surface area contributed by atoms with Crippen LogP contribution in [0.5, 0.6) is 0 Å². The van der Waals surface area contributed by atoms with Crippen molar-refractivity contribution in [3.8, 4) is 6.07 Å². The van der Waals surface area contributed by atoms with Crippen LogP contribution < -0.4 is 0 Å². The van der Waals surface area contributed by atoms with E-state index in [-0.39, 0.29) is 29.4 Å². The molecule has 1 aliphatic heterocycles. The van der Waals surface area contributed by atoms with Crippen molar-refractivity contribution in [1.29, 1.82) is 5.26 Å². The molecule has 0 unspecified atom stereocenters. The maximum Gasteiger partial charge on any atom is 0.216 e. The van der Waals surface area contributed by atoms with Gasteiger partial charge in [0.2, 0.25) is 10.0 Å². The summed E-state index contributed by atoms with van der Waals surface area (Å²) in [5.74, 6) is 0.186. The minimum Gasteiger partial charge on any atom is -0.299 e. The highest BCUT2D eigenvalue weighted by Gasteiger charge is 2.65. The number of Topliss-reactive ketones (excluding diaryl/α,β-unsaturated/α-hetero) is 1. The molecule has 2 saturated carbocycles. The molecule has 0 spiro atoms. The van der Waals surface area contributed by atoms with Gasteiger partial charge in [0.25, 0.3) is 0 Å². The van der Waals surface area contributed by atoms with Gasteiger partial charge in [-0.3, -0.25) is 4.79 Å². The summed E-state index contributed by atoms with van der Waals surface area (Å²) in [5, 5.41) is 9.67. The summed E-state index contributed by atoms with van der Waals surface area (Å²) in [6, 6.07) is 11.1. The van der Waals surface area contributed by atoms with E-state index >= 15 is 0 Å². The van der Waals surface area contributed by atoms with E-state index < -0.39 is 21.5 Å². The Morgan fingerprint density at radius 2 is 1.96 bits per heavy atom. The van der Waals surface area contributed by atoms with Crippen LogP contribution in [0, 0.1) is 28.1 Å². The van der Waals surface area contributed by atoms with Gasteiger partial charge in [0.15, 0.2) is 0 Å². The molecular formula is C22H26N2O3S. The first-order chi connectivity index (χ1) is 13.2. The van der Waals surface area contributed by atoms with Crippen molar-refractivity contribution in [2.45, 2.75) is 45.6 Å². The summed E-state index contributed by atoms with van der Waals surface area (Å²) in [6.07, 6.45) is 4.36. The van der Waals surface area contributed by atoms with E-state index in [2.05, 4.69) is 6.07 Å². The monoisotopic (exact) mass is 398 g/mol. The Kier molecular flexibility index (Phi) is 4.52. The normalized spacial score (nSPS) is 32.2. The molecule has 5 nitrogen and oxygen atoms in total. The lowest BCUT2D eigenvalue weighted by Crippen LogP contribution is -2.49. The second-order valence-electron chi connectivity index (χ2n) is 8.92. The Hall–Kier alpha value is -1.97. The van der Waals surface area contributed by atoms with Crippen molar-refractivity contribution in [1.82, 2.24) is 4.31 Å². The van der Waals surface area contributed by atoms with Gasteiger partial charge in [-0.25, -0.2) is 8.42 Å². The maximum absolute atomic E-state index is 13.4.